The molecular weight excluding hydrogens is 364 g/mol. The SMILES string of the molecule is Cl.O=C(CCC1CCNCC1)NC1CCN(c2c(F)cccc2F)C1=O. The van der Waals surface area contributed by atoms with Crippen molar-refractivity contribution in [1.82, 2.24) is 10.6 Å². The molecule has 1 aromatic carbocycles. The Balaban J connectivity index is 0.00000243. The van der Waals surface area contributed by atoms with Crippen LogP contribution < -0.4 is 15.5 Å². The van der Waals surface area contributed by atoms with Crippen molar-refractivity contribution < 1.29 is 18.4 Å². The monoisotopic (exact) mass is 387 g/mol. The summed E-state index contributed by atoms with van der Waals surface area (Å²) >= 11 is 0. The third-order valence-corrected chi connectivity index (χ3v) is 4.99. The summed E-state index contributed by atoms with van der Waals surface area (Å²) in [7, 11) is 0. The van der Waals surface area contributed by atoms with Gasteiger partial charge in [0.05, 0.1) is 0 Å². The maximum absolute atomic E-state index is 13.9. The lowest BCUT2D eigenvalue weighted by Gasteiger charge is -2.22. The van der Waals surface area contributed by atoms with E-state index in [0.717, 1.165) is 49.4 Å². The summed E-state index contributed by atoms with van der Waals surface area (Å²) in [5.74, 6) is -1.64. The van der Waals surface area contributed by atoms with Gasteiger partial charge in [-0.1, -0.05) is 6.07 Å². The highest BCUT2D eigenvalue weighted by Gasteiger charge is 2.36. The topological polar surface area (TPSA) is 61.4 Å². The molecule has 1 unspecified atom stereocenters. The van der Waals surface area contributed by atoms with E-state index in [1.807, 2.05) is 0 Å². The standard InChI is InChI=1S/C18H23F2N3O2.ClH/c19-13-2-1-3-14(20)17(13)23-11-8-15(18(23)25)22-16(24)5-4-12-6-9-21-10-7-12;/h1-3,12,15,21H,4-11H2,(H,22,24);1H. The maximum Gasteiger partial charge on any atom is 0.249 e. The molecule has 8 heteroatoms. The number of anilines is 1. The number of nitrogens with one attached hydrogen (secondary N) is 2. The van der Waals surface area contributed by atoms with Crippen LogP contribution in [0.15, 0.2) is 18.2 Å². The number of rotatable bonds is 5. The number of halogens is 3. The summed E-state index contributed by atoms with van der Waals surface area (Å²) in [5.41, 5.74) is -0.334. The highest BCUT2D eigenvalue weighted by atomic mass is 35.5. The first-order valence-electron chi connectivity index (χ1n) is 8.81. The zero-order chi connectivity index (χ0) is 17.8. The van der Waals surface area contributed by atoms with Crippen LogP contribution in [0.3, 0.4) is 0 Å². The molecular formula is C18H24ClF2N3O2. The molecule has 3 rings (SSSR count). The van der Waals surface area contributed by atoms with E-state index in [0.29, 0.717) is 18.8 Å². The quantitative estimate of drug-likeness (QED) is 0.815. The molecule has 2 fully saturated rings. The van der Waals surface area contributed by atoms with Gasteiger partial charge in [0.2, 0.25) is 11.8 Å². The summed E-state index contributed by atoms with van der Waals surface area (Å²) in [6, 6.07) is 2.79. The molecule has 0 aliphatic carbocycles. The van der Waals surface area contributed by atoms with Gasteiger partial charge >= 0.3 is 0 Å². The Morgan fingerprint density at radius 1 is 1.19 bits per heavy atom. The Morgan fingerprint density at radius 3 is 2.50 bits per heavy atom. The number of benzene rings is 1. The molecule has 0 saturated carbocycles. The van der Waals surface area contributed by atoms with E-state index in [4.69, 9.17) is 0 Å². The number of hydrogen-bond donors (Lipinski definition) is 2. The van der Waals surface area contributed by atoms with Crippen LogP contribution in [0.4, 0.5) is 14.5 Å². The number of hydrogen-bond acceptors (Lipinski definition) is 3. The summed E-state index contributed by atoms with van der Waals surface area (Å²) in [6.07, 6.45) is 3.67. The van der Waals surface area contributed by atoms with Gasteiger partial charge in [-0.05, 0) is 56.8 Å². The van der Waals surface area contributed by atoms with Crippen molar-refractivity contribution in [3.05, 3.63) is 29.8 Å². The van der Waals surface area contributed by atoms with Crippen LogP contribution in [0.1, 0.15) is 32.1 Å². The second kappa shape index (κ2) is 9.28. The van der Waals surface area contributed by atoms with Crippen molar-refractivity contribution in [2.24, 2.45) is 5.92 Å². The fourth-order valence-electron chi connectivity index (χ4n) is 3.55. The predicted octanol–water partition coefficient (Wildman–Crippen LogP) is 2.39. The molecule has 5 nitrogen and oxygen atoms in total. The first kappa shape index (κ1) is 20.6. The molecule has 1 atom stereocenters. The van der Waals surface area contributed by atoms with Crippen molar-refractivity contribution in [2.45, 2.75) is 38.1 Å². The second-order valence-corrected chi connectivity index (χ2v) is 6.70. The van der Waals surface area contributed by atoms with E-state index in [-0.39, 0.29) is 30.5 Å². The molecule has 26 heavy (non-hydrogen) atoms. The third-order valence-electron chi connectivity index (χ3n) is 4.99. The minimum absolute atomic E-state index is 0. The van der Waals surface area contributed by atoms with Crippen molar-refractivity contribution in [1.29, 1.82) is 0 Å². The Labute approximate surface area is 157 Å². The Hall–Kier alpha value is -1.73. The largest absolute Gasteiger partial charge is 0.344 e. The molecule has 144 valence electrons. The molecule has 0 radical (unpaired) electrons. The van der Waals surface area contributed by atoms with E-state index in [1.54, 1.807) is 0 Å². The number of para-hydroxylation sites is 1. The van der Waals surface area contributed by atoms with E-state index < -0.39 is 23.6 Å². The van der Waals surface area contributed by atoms with Gasteiger partial charge in [-0.3, -0.25) is 9.59 Å². The van der Waals surface area contributed by atoms with E-state index >= 15 is 0 Å². The van der Waals surface area contributed by atoms with Crippen LogP contribution in [0.2, 0.25) is 0 Å². The Kier molecular flexibility index (Phi) is 7.34. The minimum atomic E-state index is -0.772. The zero-order valence-corrected chi connectivity index (χ0v) is 15.3. The number of amides is 2. The lowest BCUT2D eigenvalue weighted by Crippen LogP contribution is -2.42. The average Bonchev–Trinajstić information content (AvgIpc) is 2.95. The van der Waals surface area contributed by atoms with Gasteiger partial charge in [0.15, 0.2) is 0 Å². The third kappa shape index (κ3) is 4.71. The number of carbonyl (C=O) groups is 2. The van der Waals surface area contributed by atoms with Crippen LogP contribution in [-0.4, -0.2) is 37.5 Å². The summed E-state index contributed by atoms with van der Waals surface area (Å²) in [4.78, 5) is 25.6. The van der Waals surface area contributed by atoms with Gasteiger partial charge in [0.1, 0.15) is 23.4 Å². The summed E-state index contributed by atoms with van der Waals surface area (Å²) in [5, 5.41) is 6.00. The number of piperidine rings is 1. The zero-order valence-electron chi connectivity index (χ0n) is 14.5. The second-order valence-electron chi connectivity index (χ2n) is 6.70. The van der Waals surface area contributed by atoms with Gasteiger partial charge in [0, 0.05) is 13.0 Å². The fourth-order valence-corrected chi connectivity index (χ4v) is 3.55. The van der Waals surface area contributed by atoms with Crippen LogP contribution >= 0.6 is 12.4 Å². The fraction of sp³-hybridized carbons (Fsp3) is 0.556. The van der Waals surface area contributed by atoms with Gasteiger partial charge in [-0.25, -0.2) is 8.78 Å². The van der Waals surface area contributed by atoms with Crippen LogP contribution in [-0.2, 0) is 9.59 Å². The van der Waals surface area contributed by atoms with Crippen LogP contribution in [0.25, 0.3) is 0 Å². The predicted molar refractivity (Wildman–Crippen MR) is 97.3 cm³/mol. The molecule has 0 aromatic heterocycles. The molecule has 2 amide bonds. The molecule has 2 N–H and O–H groups in total. The Bertz CT molecular complexity index is 633. The van der Waals surface area contributed by atoms with E-state index in [1.165, 1.54) is 6.07 Å². The van der Waals surface area contributed by atoms with Crippen molar-refractivity contribution in [3.8, 4) is 0 Å². The van der Waals surface area contributed by atoms with Gasteiger partial charge in [-0.15, -0.1) is 12.4 Å². The van der Waals surface area contributed by atoms with Crippen molar-refractivity contribution >= 4 is 29.9 Å². The number of nitrogens with zero attached hydrogens (tertiary/aromatic N) is 1. The van der Waals surface area contributed by atoms with E-state index in [2.05, 4.69) is 10.6 Å². The molecule has 0 bridgehead atoms. The van der Waals surface area contributed by atoms with Crippen molar-refractivity contribution in [3.63, 3.8) is 0 Å². The Morgan fingerprint density at radius 2 is 1.85 bits per heavy atom. The average molecular weight is 388 g/mol. The smallest absolute Gasteiger partial charge is 0.249 e. The molecule has 2 aliphatic heterocycles. The van der Waals surface area contributed by atoms with Gasteiger partial charge in [0.25, 0.3) is 0 Å². The molecule has 2 heterocycles. The highest BCUT2D eigenvalue weighted by Crippen LogP contribution is 2.27. The van der Waals surface area contributed by atoms with Crippen molar-refractivity contribution in [2.75, 3.05) is 24.5 Å². The lowest BCUT2D eigenvalue weighted by atomic mass is 9.93. The first-order valence-corrected chi connectivity index (χ1v) is 8.81. The van der Waals surface area contributed by atoms with Gasteiger partial charge in [-0.2, -0.15) is 0 Å². The highest BCUT2D eigenvalue weighted by molar-refractivity contribution is 6.01. The molecule has 2 aliphatic rings. The lowest BCUT2D eigenvalue weighted by molar-refractivity contribution is -0.126. The molecule has 0 spiro atoms. The summed E-state index contributed by atoms with van der Waals surface area (Å²) in [6.45, 7) is 2.16. The normalized spacial score (nSPS) is 20.8. The summed E-state index contributed by atoms with van der Waals surface area (Å²) < 4.78 is 27.7. The first-order chi connectivity index (χ1) is 12.1. The molecule has 2 saturated heterocycles. The maximum atomic E-state index is 13.9. The minimum Gasteiger partial charge on any atom is -0.344 e. The number of carbonyl (C=O) groups excluding carboxylic acids is 2. The van der Waals surface area contributed by atoms with Crippen LogP contribution in [0.5, 0.6) is 0 Å². The van der Waals surface area contributed by atoms with Crippen LogP contribution in [0, 0.1) is 17.6 Å². The van der Waals surface area contributed by atoms with E-state index in [9.17, 15) is 18.4 Å². The molecule has 1 aromatic rings. The van der Waals surface area contributed by atoms with Gasteiger partial charge < -0.3 is 15.5 Å².